The van der Waals surface area contributed by atoms with Gasteiger partial charge < -0.3 is 19.7 Å². The molecule has 1 N–H and O–H groups in total. The lowest BCUT2D eigenvalue weighted by atomic mass is 10.2. The van der Waals surface area contributed by atoms with Crippen LogP contribution in [0.4, 0.5) is 17.5 Å². The molecule has 0 aliphatic rings. The third-order valence-electron chi connectivity index (χ3n) is 4.28. The molecule has 6 nitrogen and oxygen atoms in total. The number of halogens is 1. The van der Waals surface area contributed by atoms with Crippen molar-refractivity contribution in [2.24, 2.45) is 0 Å². The molecule has 0 saturated carbocycles. The van der Waals surface area contributed by atoms with Crippen molar-refractivity contribution in [1.29, 1.82) is 0 Å². The Bertz CT molecular complexity index is 922. The number of hydrogen-bond acceptors (Lipinski definition) is 6. The molecule has 3 rings (SSSR count). The fourth-order valence-electron chi connectivity index (χ4n) is 2.82. The van der Waals surface area contributed by atoms with Crippen LogP contribution in [0.5, 0.6) is 11.5 Å². The van der Waals surface area contributed by atoms with E-state index in [9.17, 15) is 0 Å². The smallest absolute Gasteiger partial charge is 0.229 e. The zero-order valence-electron chi connectivity index (χ0n) is 16.1. The first-order valence-electron chi connectivity index (χ1n) is 8.95. The molecule has 1 aromatic heterocycles. The van der Waals surface area contributed by atoms with Gasteiger partial charge in [0.25, 0.3) is 0 Å². The van der Waals surface area contributed by atoms with Crippen LogP contribution in [0.3, 0.4) is 0 Å². The highest BCUT2D eigenvalue weighted by Gasteiger charge is 2.13. The molecule has 0 amide bonds. The maximum atomic E-state index is 6.18. The van der Waals surface area contributed by atoms with Gasteiger partial charge in [0.2, 0.25) is 5.95 Å². The zero-order chi connectivity index (χ0) is 19.9. The molecule has 28 heavy (non-hydrogen) atoms. The Morgan fingerprint density at radius 2 is 1.79 bits per heavy atom. The van der Waals surface area contributed by atoms with Gasteiger partial charge in [-0.3, -0.25) is 0 Å². The number of nitrogens with zero attached hydrogens (tertiary/aromatic N) is 3. The second kappa shape index (κ2) is 9.28. The van der Waals surface area contributed by atoms with Crippen molar-refractivity contribution < 1.29 is 9.47 Å². The minimum atomic E-state index is 0.465. The summed E-state index contributed by atoms with van der Waals surface area (Å²) in [4.78, 5) is 11.2. The molecule has 146 valence electrons. The molecule has 0 fully saturated rings. The Labute approximate surface area is 170 Å². The van der Waals surface area contributed by atoms with Crippen LogP contribution in [0.2, 0.25) is 5.02 Å². The van der Waals surface area contributed by atoms with Crippen molar-refractivity contribution in [2.75, 3.05) is 31.0 Å². The average Bonchev–Trinajstić information content (AvgIpc) is 2.73. The topological polar surface area (TPSA) is 59.5 Å². The van der Waals surface area contributed by atoms with Crippen molar-refractivity contribution in [2.45, 2.75) is 13.5 Å². The van der Waals surface area contributed by atoms with Crippen molar-refractivity contribution in [3.63, 3.8) is 0 Å². The molecule has 2 aromatic carbocycles. The summed E-state index contributed by atoms with van der Waals surface area (Å²) < 4.78 is 10.7. The molecule has 0 aliphatic carbocycles. The van der Waals surface area contributed by atoms with Gasteiger partial charge in [-0.2, -0.15) is 4.98 Å². The number of rotatable bonds is 8. The fourth-order valence-corrected chi connectivity index (χ4v) is 3.05. The van der Waals surface area contributed by atoms with Crippen LogP contribution in [0, 0.1) is 0 Å². The van der Waals surface area contributed by atoms with E-state index in [0.29, 0.717) is 28.2 Å². The van der Waals surface area contributed by atoms with E-state index in [0.717, 1.165) is 18.9 Å². The fraction of sp³-hybridized carbons (Fsp3) is 0.238. The summed E-state index contributed by atoms with van der Waals surface area (Å²) in [5.74, 6) is 2.42. The zero-order valence-corrected chi connectivity index (χ0v) is 16.9. The third kappa shape index (κ3) is 4.64. The molecule has 0 atom stereocenters. The first kappa shape index (κ1) is 19.8. The lowest BCUT2D eigenvalue weighted by molar-refractivity contribution is 0.405. The van der Waals surface area contributed by atoms with Gasteiger partial charge in [0, 0.05) is 31.4 Å². The lowest BCUT2D eigenvalue weighted by Gasteiger charge is -2.22. The van der Waals surface area contributed by atoms with Crippen molar-refractivity contribution in [3.05, 3.63) is 65.3 Å². The van der Waals surface area contributed by atoms with E-state index in [1.165, 1.54) is 5.56 Å². The second-order valence-corrected chi connectivity index (χ2v) is 6.46. The summed E-state index contributed by atoms with van der Waals surface area (Å²) in [6.07, 6.45) is 1.73. The van der Waals surface area contributed by atoms with Crippen LogP contribution in [-0.4, -0.2) is 30.7 Å². The van der Waals surface area contributed by atoms with Gasteiger partial charge in [0.05, 0.1) is 24.9 Å². The highest BCUT2D eigenvalue weighted by molar-refractivity contribution is 6.32. The summed E-state index contributed by atoms with van der Waals surface area (Å²) in [6.45, 7) is 3.69. The molecule has 3 aromatic rings. The normalized spacial score (nSPS) is 10.4. The Hall–Kier alpha value is -2.99. The summed E-state index contributed by atoms with van der Waals surface area (Å²) in [5, 5.41) is 3.67. The van der Waals surface area contributed by atoms with Gasteiger partial charge in [-0.25, -0.2) is 4.98 Å². The van der Waals surface area contributed by atoms with E-state index in [4.69, 9.17) is 21.1 Å². The van der Waals surface area contributed by atoms with Crippen LogP contribution in [0.15, 0.2) is 54.7 Å². The number of anilines is 3. The molecule has 0 saturated heterocycles. The summed E-state index contributed by atoms with van der Waals surface area (Å²) >= 11 is 6.18. The standard InChI is InChI=1S/C21H23ClN4O2/c1-4-26(14-15-8-6-5-7-9-15)20-10-11-23-21(25-20)24-17-13-18(27-2)16(22)12-19(17)28-3/h5-13H,4,14H2,1-3H3,(H,23,24,25). The van der Waals surface area contributed by atoms with Gasteiger partial charge in [-0.15, -0.1) is 0 Å². The van der Waals surface area contributed by atoms with E-state index in [-0.39, 0.29) is 0 Å². The molecular formula is C21H23ClN4O2. The van der Waals surface area contributed by atoms with Crippen LogP contribution in [-0.2, 0) is 6.54 Å². The summed E-state index contributed by atoms with van der Waals surface area (Å²) in [6, 6.07) is 15.7. The molecule has 0 aliphatic heterocycles. The highest BCUT2D eigenvalue weighted by atomic mass is 35.5. The van der Waals surface area contributed by atoms with Gasteiger partial charge >= 0.3 is 0 Å². The molecule has 0 unspecified atom stereocenters. The second-order valence-electron chi connectivity index (χ2n) is 6.05. The minimum absolute atomic E-state index is 0.465. The number of aromatic nitrogens is 2. The van der Waals surface area contributed by atoms with Crippen molar-refractivity contribution in [1.82, 2.24) is 9.97 Å². The number of nitrogens with one attached hydrogen (secondary N) is 1. The van der Waals surface area contributed by atoms with Crippen LogP contribution >= 0.6 is 11.6 Å². The van der Waals surface area contributed by atoms with Crippen LogP contribution in [0.25, 0.3) is 0 Å². The van der Waals surface area contributed by atoms with E-state index < -0.39 is 0 Å². The van der Waals surface area contributed by atoms with Gasteiger partial charge in [-0.1, -0.05) is 41.9 Å². The Balaban J connectivity index is 1.85. The average molecular weight is 399 g/mol. The molecule has 7 heteroatoms. The number of benzene rings is 2. The number of hydrogen-bond donors (Lipinski definition) is 1. The van der Waals surface area contributed by atoms with E-state index >= 15 is 0 Å². The Kier molecular flexibility index (Phi) is 6.55. The maximum Gasteiger partial charge on any atom is 0.229 e. The summed E-state index contributed by atoms with van der Waals surface area (Å²) in [7, 11) is 3.15. The SMILES string of the molecule is CCN(Cc1ccccc1)c1ccnc(Nc2cc(OC)c(Cl)cc2OC)n1. The highest BCUT2D eigenvalue weighted by Crippen LogP contribution is 2.37. The van der Waals surface area contributed by atoms with E-state index in [1.807, 2.05) is 24.3 Å². The van der Waals surface area contributed by atoms with Gasteiger partial charge in [0.1, 0.15) is 17.3 Å². The maximum absolute atomic E-state index is 6.18. The van der Waals surface area contributed by atoms with E-state index in [2.05, 4.69) is 39.2 Å². The molecule has 0 spiro atoms. The molecular weight excluding hydrogens is 376 g/mol. The van der Waals surface area contributed by atoms with Crippen molar-refractivity contribution >= 4 is 29.1 Å². The van der Waals surface area contributed by atoms with Crippen LogP contribution < -0.4 is 19.7 Å². The van der Waals surface area contributed by atoms with Crippen LogP contribution in [0.1, 0.15) is 12.5 Å². The summed E-state index contributed by atoms with van der Waals surface area (Å²) in [5.41, 5.74) is 1.90. The van der Waals surface area contributed by atoms with E-state index in [1.54, 1.807) is 32.5 Å². The first-order chi connectivity index (χ1) is 13.6. The monoisotopic (exact) mass is 398 g/mol. The minimum Gasteiger partial charge on any atom is -0.495 e. The largest absolute Gasteiger partial charge is 0.495 e. The predicted octanol–water partition coefficient (Wildman–Crippen LogP) is 4.92. The van der Waals surface area contributed by atoms with Gasteiger partial charge in [0.15, 0.2) is 0 Å². The molecule has 0 radical (unpaired) electrons. The lowest BCUT2D eigenvalue weighted by Crippen LogP contribution is -2.23. The van der Waals surface area contributed by atoms with Gasteiger partial charge in [-0.05, 0) is 18.6 Å². The molecule has 1 heterocycles. The third-order valence-corrected chi connectivity index (χ3v) is 4.58. The number of ether oxygens (including phenoxy) is 2. The Morgan fingerprint density at radius 3 is 2.46 bits per heavy atom. The first-order valence-corrected chi connectivity index (χ1v) is 9.32. The quantitative estimate of drug-likeness (QED) is 0.581. The predicted molar refractivity (Wildman–Crippen MR) is 113 cm³/mol. The number of methoxy groups -OCH3 is 2. The Morgan fingerprint density at radius 1 is 1.04 bits per heavy atom. The molecule has 0 bridgehead atoms. The van der Waals surface area contributed by atoms with Crippen molar-refractivity contribution in [3.8, 4) is 11.5 Å².